The number of methoxy groups -OCH3 is 1. The second-order valence-electron chi connectivity index (χ2n) is 7.28. The summed E-state index contributed by atoms with van der Waals surface area (Å²) in [4.78, 5) is 24.3. The van der Waals surface area contributed by atoms with Crippen molar-refractivity contribution >= 4 is 16.8 Å². The molecule has 0 N–H and O–H groups in total. The fourth-order valence-corrected chi connectivity index (χ4v) is 3.90. The molecule has 3 heterocycles. The predicted octanol–water partition coefficient (Wildman–Crippen LogP) is 4.17. The van der Waals surface area contributed by atoms with Crippen LogP contribution >= 0.6 is 0 Å². The maximum Gasteiger partial charge on any atom is 0.256 e. The maximum absolute atomic E-state index is 13.4. The summed E-state index contributed by atoms with van der Waals surface area (Å²) in [6, 6.07) is 11.7. The lowest BCUT2D eigenvalue weighted by atomic mass is 10.0. The van der Waals surface area contributed by atoms with Crippen molar-refractivity contribution in [3.8, 4) is 5.75 Å². The van der Waals surface area contributed by atoms with E-state index in [-0.39, 0.29) is 11.9 Å². The van der Waals surface area contributed by atoms with Crippen molar-refractivity contribution in [2.24, 2.45) is 5.92 Å². The number of amides is 1. The highest BCUT2D eigenvalue weighted by atomic mass is 16.5. The van der Waals surface area contributed by atoms with E-state index in [9.17, 15) is 4.79 Å². The molecule has 1 aliphatic rings. The highest BCUT2D eigenvalue weighted by Gasteiger charge is 2.35. The SMILES string of the molecule is COc1ccc2cc(C(=O)N3CC(C)CC3c3cccnc3)c(C)nc2c1. The second-order valence-corrected chi connectivity index (χ2v) is 7.28. The zero-order valence-electron chi connectivity index (χ0n) is 15.8. The Bertz CT molecular complexity index is 988. The highest BCUT2D eigenvalue weighted by Crippen LogP contribution is 2.36. The molecule has 1 aromatic carbocycles. The number of fused-ring (bicyclic) bond motifs is 1. The van der Waals surface area contributed by atoms with Crippen LogP contribution in [0.5, 0.6) is 5.75 Å². The monoisotopic (exact) mass is 361 g/mol. The minimum absolute atomic E-state index is 0.0379. The lowest BCUT2D eigenvalue weighted by Gasteiger charge is -2.25. The smallest absolute Gasteiger partial charge is 0.256 e. The first-order chi connectivity index (χ1) is 13.1. The van der Waals surface area contributed by atoms with Gasteiger partial charge in [0.15, 0.2) is 0 Å². The normalized spacial score (nSPS) is 19.4. The van der Waals surface area contributed by atoms with Crippen molar-refractivity contribution in [3.63, 3.8) is 0 Å². The van der Waals surface area contributed by atoms with Gasteiger partial charge in [0.1, 0.15) is 5.75 Å². The summed E-state index contributed by atoms with van der Waals surface area (Å²) in [5.74, 6) is 1.26. The van der Waals surface area contributed by atoms with Gasteiger partial charge in [-0.15, -0.1) is 0 Å². The fourth-order valence-electron chi connectivity index (χ4n) is 3.90. The van der Waals surface area contributed by atoms with Crippen LogP contribution in [0.15, 0.2) is 48.8 Å². The van der Waals surface area contributed by atoms with Crippen LogP contribution in [0.25, 0.3) is 10.9 Å². The summed E-state index contributed by atoms with van der Waals surface area (Å²) in [7, 11) is 1.64. The third-order valence-electron chi connectivity index (χ3n) is 5.29. The molecule has 5 heteroatoms. The Labute approximate surface area is 159 Å². The van der Waals surface area contributed by atoms with Gasteiger partial charge in [0, 0.05) is 30.4 Å². The van der Waals surface area contributed by atoms with Crippen LogP contribution in [0, 0.1) is 12.8 Å². The lowest BCUT2D eigenvalue weighted by Crippen LogP contribution is -2.31. The van der Waals surface area contributed by atoms with E-state index < -0.39 is 0 Å². The minimum Gasteiger partial charge on any atom is -0.497 e. The molecular weight excluding hydrogens is 338 g/mol. The van der Waals surface area contributed by atoms with E-state index in [2.05, 4.69) is 16.9 Å². The molecule has 2 unspecified atom stereocenters. The van der Waals surface area contributed by atoms with Gasteiger partial charge in [-0.3, -0.25) is 14.8 Å². The number of aromatic nitrogens is 2. The van der Waals surface area contributed by atoms with E-state index in [4.69, 9.17) is 4.74 Å². The van der Waals surface area contributed by atoms with Crippen molar-refractivity contribution < 1.29 is 9.53 Å². The van der Waals surface area contributed by atoms with Gasteiger partial charge in [-0.2, -0.15) is 0 Å². The van der Waals surface area contributed by atoms with E-state index >= 15 is 0 Å². The number of benzene rings is 1. The van der Waals surface area contributed by atoms with Gasteiger partial charge in [-0.1, -0.05) is 13.0 Å². The quantitative estimate of drug-likeness (QED) is 0.702. The molecule has 2 aromatic heterocycles. The Morgan fingerprint density at radius 2 is 2.11 bits per heavy atom. The van der Waals surface area contributed by atoms with Crippen molar-refractivity contribution in [1.29, 1.82) is 0 Å². The van der Waals surface area contributed by atoms with E-state index in [0.717, 1.165) is 40.9 Å². The van der Waals surface area contributed by atoms with E-state index in [1.165, 1.54) is 0 Å². The summed E-state index contributed by atoms with van der Waals surface area (Å²) in [5.41, 5.74) is 3.33. The fraction of sp³-hybridized carbons (Fsp3) is 0.318. The molecule has 0 saturated carbocycles. The van der Waals surface area contributed by atoms with Crippen LogP contribution in [0.3, 0.4) is 0 Å². The molecule has 2 atom stereocenters. The summed E-state index contributed by atoms with van der Waals surface area (Å²) in [6.07, 6.45) is 4.58. The first-order valence-corrected chi connectivity index (χ1v) is 9.23. The average molecular weight is 361 g/mol. The Balaban J connectivity index is 1.72. The number of ether oxygens (including phenoxy) is 1. The largest absolute Gasteiger partial charge is 0.497 e. The number of hydrogen-bond acceptors (Lipinski definition) is 4. The Kier molecular flexibility index (Phi) is 4.52. The molecule has 5 nitrogen and oxygen atoms in total. The van der Waals surface area contributed by atoms with Gasteiger partial charge in [-0.05, 0) is 49.1 Å². The summed E-state index contributed by atoms with van der Waals surface area (Å²) in [6.45, 7) is 4.83. The molecule has 0 spiro atoms. The molecule has 27 heavy (non-hydrogen) atoms. The first kappa shape index (κ1) is 17.5. The predicted molar refractivity (Wildman–Crippen MR) is 105 cm³/mol. The van der Waals surface area contributed by atoms with Crippen LogP contribution in [0.4, 0.5) is 0 Å². The number of carbonyl (C=O) groups is 1. The number of carbonyl (C=O) groups excluding carboxylic acids is 1. The van der Waals surface area contributed by atoms with Gasteiger partial charge >= 0.3 is 0 Å². The molecule has 1 aliphatic heterocycles. The van der Waals surface area contributed by atoms with Crippen molar-refractivity contribution in [1.82, 2.24) is 14.9 Å². The molecule has 138 valence electrons. The molecular formula is C22H23N3O2. The van der Waals surface area contributed by atoms with E-state index in [1.807, 2.05) is 54.4 Å². The Hall–Kier alpha value is -2.95. The van der Waals surface area contributed by atoms with Crippen molar-refractivity contribution in [3.05, 3.63) is 65.6 Å². The number of rotatable bonds is 3. The number of hydrogen-bond donors (Lipinski definition) is 0. The molecule has 3 aromatic rings. The third-order valence-corrected chi connectivity index (χ3v) is 5.29. The van der Waals surface area contributed by atoms with Crippen LogP contribution in [0.1, 0.15) is 41.0 Å². The summed E-state index contributed by atoms with van der Waals surface area (Å²) in [5, 5.41) is 0.940. The average Bonchev–Trinajstić information content (AvgIpc) is 3.09. The Morgan fingerprint density at radius 3 is 2.85 bits per heavy atom. The number of nitrogens with zero attached hydrogens (tertiary/aromatic N) is 3. The molecule has 4 rings (SSSR count). The van der Waals surface area contributed by atoms with Gasteiger partial charge in [-0.25, -0.2) is 0 Å². The third kappa shape index (κ3) is 3.25. The van der Waals surface area contributed by atoms with Gasteiger partial charge in [0.25, 0.3) is 5.91 Å². The molecule has 0 aliphatic carbocycles. The van der Waals surface area contributed by atoms with Crippen LogP contribution < -0.4 is 4.74 Å². The van der Waals surface area contributed by atoms with Gasteiger partial charge < -0.3 is 9.64 Å². The number of pyridine rings is 2. The number of aryl methyl sites for hydroxylation is 1. The highest BCUT2D eigenvalue weighted by molar-refractivity contribution is 5.99. The molecule has 1 amide bonds. The molecule has 1 saturated heterocycles. The zero-order valence-corrected chi connectivity index (χ0v) is 15.8. The van der Waals surface area contributed by atoms with Crippen molar-refractivity contribution in [2.75, 3.05) is 13.7 Å². The first-order valence-electron chi connectivity index (χ1n) is 9.23. The van der Waals surface area contributed by atoms with Crippen molar-refractivity contribution in [2.45, 2.75) is 26.3 Å². The Morgan fingerprint density at radius 1 is 1.26 bits per heavy atom. The standard InChI is InChI=1S/C22H23N3O2/c1-14-9-21(17-5-4-8-23-12-17)25(13-14)22(26)19-10-16-6-7-18(27-3)11-20(16)24-15(19)2/h4-8,10-12,14,21H,9,13H2,1-3H3. The minimum atomic E-state index is 0.0379. The van der Waals surface area contributed by atoms with Crippen LogP contribution in [-0.4, -0.2) is 34.4 Å². The maximum atomic E-state index is 13.4. The molecule has 1 fully saturated rings. The van der Waals surface area contributed by atoms with E-state index in [0.29, 0.717) is 11.5 Å². The molecule has 0 bridgehead atoms. The summed E-state index contributed by atoms with van der Waals surface area (Å²) >= 11 is 0. The molecule has 0 radical (unpaired) electrons. The lowest BCUT2D eigenvalue weighted by molar-refractivity contribution is 0.0731. The van der Waals surface area contributed by atoms with Gasteiger partial charge in [0.05, 0.1) is 29.9 Å². The van der Waals surface area contributed by atoms with E-state index in [1.54, 1.807) is 13.3 Å². The van der Waals surface area contributed by atoms with Gasteiger partial charge in [0.2, 0.25) is 0 Å². The van der Waals surface area contributed by atoms with Crippen LogP contribution in [0.2, 0.25) is 0 Å². The number of likely N-dealkylation sites (tertiary alicyclic amines) is 1. The van der Waals surface area contributed by atoms with Crippen LogP contribution in [-0.2, 0) is 0 Å². The second kappa shape index (κ2) is 6.99. The summed E-state index contributed by atoms with van der Waals surface area (Å²) < 4.78 is 5.27. The topological polar surface area (TPSA) is 55.3 Å². The zero-order chi connectivity index (χ0) is 19.0.